The van der Waals surface area contributed by atoms with E-state index in [9.17, 15) is 10.2 Å². The lowest BCUT2D eigenvalue weighted by molar-refractivity contribution is 0.0646. The Labute approximate surface area is 183 Å². The number of imidazole rings is 1. The van der Waals surface area contributed by atoms with E-state index in [-0.39, 0.29) is 17.8 Å². The van der Waals surface area contributed by atoms with Crippen LogP contribution in [0.2, 0.25) is 0 Å². The SMILES string of the molecule is CCC(CC)n1cnc2c(NCc3cc(C)ccc3O)nc(NC(C)C(C)(C)O)nc21. The number of anilines is 2. The van der Waals surface area contributed by atoms with Crippen molar-refractivity contribution < 1.29 is 10.2 Å². The van der Waals surface area contributed by atoms with Gasteiger partial charge in [0, 0.05) is 18.2 Å². The second-order valence-electron chi connectivity index (χ2n) is 8.70. The molecule has 3 rings (SSSR count). The number of phenolic OH excluding ortho intramolecular Hbond substituents is 1. The maximum atomic E-state index is 10.3. The number of aromatic hydroxyl groups is 1. The van der Waals surface area contributed by atoms with Gasteiger partial charge in [0.15, 0.2) is 17.0 Å². The molecule has 0 aliphatic carbocycles. The molecule has 0 spiro atoms. The molecule has 0 radical (unpaired) electrons. The smallest absolute Gasteiger partial charge is 0.227 e. The van der Waals surface area contributed by atoms with Crippen LogP contribution in [0.3, 0.4) is 0 Å². The van der Waals surface area contributed by atoms with Gasteiger partial charge in [0.05, 0.1) is 18.0 Å². The van der Waals surface area contributed by atoms with Gasteiger partial charge < -0.3 is 25.4 Å². The first-order valence-corrected chi connectivity index (χ1v) is 10.9. The van der Waals surface area contributed by atoms with E-state index in [0.717, 1.165) is 29.6 Å². The summed E-state index contributed by atoms with van der Waals surface area (Å²) in [7, 11) is 0. The number of fused-ring (bicyclic) bond motifs is 1. The maximum Gasteiger partial charge on any atom is 0.227 e. The number of nitrogens with zero attached hydrogens (tertiary/aromatic N) is 4. The lowest BCUT2D eigenvalue weighted by atomic mass is 10.0. The minimum absolute atomic E-state index is 0.236. The standard InChI is InChI=1S/C23H34N6O2/c1-7-17(8-2)29-13-25-19-20(24-12-16-11-14(3)9-10-18(16)30)27-22(28-21(19)29)26-15(4)23(5,6)31/h9-11,13,15,17,30-31H,7-8,12H2,1-6H3,(H2,24,26,27,28). The first-order valence-electron chi connectivity index (χ1n) is 10.9. The van der Waals surface area contributed by atoms with E-state index < -0.39 is 5.60 Å². The Morgan fingerprint density at radius 3 is 2.52 bits per heavy atom. The predicted octanol–water partition coefficient (Wildman–Crippen LogP) is 4.38. The number of hydrogen-bond donors (Lipinski definition) is 4. The van der Waals surface area contributed by atoms with Crippen LogP contribution in [0, 0.1) is 6.92 Å². The Morgan fingerprint density at radius 2 is 1.87 bits per heavy atom. The summed E-state index contributed by atoms with van der Waals surface area (Å²) in [4.78, 5) is 14.0. The zero-order valence-corrected chi connectivity index (χ0v) is 19.3. The number of aryl methyl sites for hydroxylation is 1. The number of rotatable bonds is 9. The average molecular weight is 427 g/mol. The second kappa shape index (κ2) is 9.09. The van der Waals surface area contributed by atoms with Crippen molar-refractivity contribution in [1.82, 2.24) is 19.5 Å². The van der Waals surface area contributed by atoms with Crippen LogP contribution in [0.25, 0.3) is 11.2 Å². The van der Waals surface area contributed by atoms with E-state index in [1.54, 1.807) is 19.9 Å². The van der Waals surface area contributed by atoms with E-state index in [4.69, 9.17) is 4.98 Å². The molecular formula is C23H34N6O2. The molecule has 0 saturated carbocycles. The van der Waals surface area contributed by atoms with Crippen LogP contribution < -0.4 is 10.6 Å². The van der Waals surface area contributed by atoms with E-state index in [1.807, 2.05) is 32.3 Å². The van der Waals surface area contributed by atoms with Crippen molar-refractivity contribution in [3.8, 4) is 5.75 Å². The number of aliphatic hydroxyl groups is 1. The lowest BCUT2D eigenvalue weighted by Crippen LogP contribution is -2.39. The number of aromatic nitrogens is 4. The zero-order chi connectivity index (χ0) is 22.8. The third kappa shape index (κ3) is 5.07. The molecule has 31 heavy (non-hydrogen) atoms. The second-order valence-corrected chi connectivity index (χ2v) is 8.70. The number of hydrogen-bond acceptors (Lipinski definition) is 7. The van der Waals surface area contributed by atoms with Gasteiger partial charge in [-0.1, -0.05) is 31.5 Å². The van der Waals surface area contributed by atoms with Gasteiger partial charge in [0.25, 0.3) is 0 Å². The van der Waals surface area contributed by atoms with E-state index in [1.165, 1.54) is 0 Å². The van der Waals surface area contributed by atoms with E-state index >= 15 is 0 Å². The summed E-state index contributed by atoms with van der Waals surface area (Å²) in [6.45, 7) is 12.1. The molecule has 2 heterocycles. The minimum atomic E-state index is -0.936. The van der Waals surface area contributed by atoms with Gasteiger partial charge in [-0.05, 0) is 46.6 Å². The normalized spacial score (nSPS) is 13.0. The molecule has 0 saturated heterocycles. The topological polar surface area (TPSA) is 108 Å². The van der Waals surface area contributed by atoms with Crippen LogP contribution in [0.1, 0.15) is 64.6 Å². The Kier molecular flexibility index (Phi) is 6.69. The van der Waals surface area contributed by atoms with Crippen molar-refractivity contribution in [2.45, 2.75) is 78.6 Å². The van der Waals surface area contributed by atoms with Gasteiger partial charge in [-0.3, -0.25) is 0 Å². The van der Waals surface area contributed by atoms with Crippen molar-refractivity contribution >= 4 is 22.9 Å². The molecule has 168 valence electrons. The van der Waals surface area contributed by atoms with Crippen LogP contribution >= 0.6 is 0 Å². The summed E-state index contributed by atoms with van der Waals surface area (Å²) in [6, 6.07) is 5.54. The summed E-state index contributed by atoms with van der Waals surface area (Å²) < 4.78 is 2.09. The summed E-state index contributed by atoms with van der Waals surface area (Å²) in [5.41, 5.74) is 2.34. The molecule has 4 N–H and O–H groups in total. The number of benzene rings is 1. The largest absolute Gasteiger partial charge is 0.508 e. The fourth-order valence-electron chi connectivity index (χ4n) is 3.46. The first-order chi connectivity index (χ1) is 14.6. The fraction of sp³-hybridized carbons (Fsp3) is 0.522. The Bertz CT molecular complexity index is 1040. The highest BCUT2D eigenvalue weighted by Gasteiger charge is 2.24. The molecular weight excluding hydrogens is 392 g/mol. The molecule has 0 aliphatic rings. The quantitative estimate of drug-likeness (QED) is 0.402. The summed E-state index contributed by atoms with van der Waals surface area (Å²) >= 11 is 0. The maximum absolute atomic E-state index is 10.3. The molecule has 0 fully saturated rings. The summed E-state index contributed by atoms with van der Waals surface area (Å²) in [5.74, 6) is 1.24. The third-order valence-corrected chi connectivity index (χ3v) is 5.84. The molecule has 8 heteroatoms. The average Bonchev–Trinajstić information content (AvgIpc) is 3.13. The van der Waals surface area contributed by atoms with Gasteiger partial charge in [-0.15, -0.1) is 0 Å². The molecule has 0 bridgehead atoms. The van der Waals surface area contributed by atoms with Gasteiger partial charge in [0.2, 0.25) is 5.95 Å². The monoisotopic (exact) mass is 426 g/mol. The Balaban J connectivity index is 2.02. The van der Waals surface area contributed by atoms with Gasteiger partial charge >= 0.3 is 0 Å². The van der Waals surface area contributed by atoms with Crippen LogP contribution in [-0.2, 0) is 6.54 Å². The predicted molar refractivity (Wildman–Crippen MR) is 124 cm³/mol. The number of nitrogens with one attached hydrogen (secondary N) is 2. The lowest BCUT2D eigenvalue weighted by Gasteiger charge is -2.27. The third-order valence-electron chi connectivity index (χ3n) is 5.84. The first kappa shape index (κ1) is 22.8. The van der Waals surface area contributed by atoms with Crippen molar-refractivity contribution in [2.75, 3.05) is 10.6 Å². The van der Waals surface area contributed by atoms with Crippen molar-refractivity contribution in [3.63, 3.8) is 0 Å². The zero-order valence-electron chi connectivity index (χ0n) is 19.3. The van der Waals surface area contributed by atoms with Crippen LogP contribution in [0.5, 0.6) is 5.75 Å². The Morgan fingerprint density at radius 1 is 1.16 bits per heavy atom. The van der Waals surface area contributed by atoms with Gasteiger partial charge in [0.1, 0.15) is 5.75 Å². The summed E-state index contributed by atoms with van der Waals surface area (Å²) in [5, 5.41) is 27.1. The van der Waals surface area contributed by atoms with Crippen molar-refractivity contribution in [1.29, 1.82) is 0 Å². The van der Waals surface area contributed by atoms with E-state index in [0.29, 0.717) is 23.8 Å². The molecule has 1 aromatic carbocycles. The highest BCUT2D eigenvalue weighted by atomic mass is 16.3. The van der Waals surface area contributed by atoms with Crippen LogP contribution in [-0.4, -0.2) is 41.4 Å². The Hall–Kier alpha value is -2.87. The van der Waals surface area contributed by atoms with Gasteiger partial charge in [-0.2, -0.15) is 9.97 Å². The molecule has 8 nitrogen and oxygen atoms in total. The minimum Gasteiger partial charge on any atom is -0.508 e. The highest BCUT2D eigenvalue weighted by molar-refractivity contribution is 5.84. The van der Waals surface area contributed by atoms with Crippen LogP contribution in [0.15, 0.2) is 24.5 Å². The molecule has 2 aromatic heterocycles. The van der Waals surface area contributed by atoms with E-state index in [2.05, 4.69) is 39.0 Å². The fourth-order valence-corrected chi connectivity index (χ4v) is 3.46. The van der Waals surface area contributed by atoms with Crippen molar-refractivity contribution in [2.24, 2.45) is 0 Å². The molecule has 0 aliphatic heterocycles. The molecule has 0 amide bonds. The molecule has 1 atom stereocenters. The molecule has 3 aromatic rings. The summed E-state index contributed by atoms with van der Waals surface area (Å²) in [6.07, 6.45) is 3.75. The number of phenols is 1. The molecule has 1 unspecified atom stereocenters. The highest BCUT2D eigenvalue weighted by Crippen LogP contribution is 2.28. The van der Waals surface area contributed by atoms with Gasteiger partial charge in [-0.25, -0.2) is 4.98 Å². The van der Waals surface area contributed by atoms with Crippen molar-refractivity contribution in [3.05, 3.63) is 35.7 Å². The van der Waals surface area contributed by atoms with Crippen LogP contribution in [0.4, 0.5) is 11.8 Å².